The van der Waals surface area contributed by atoms with Gasteiger partial charge in [0, 0.05) is 12.2 Å². The Bertz CT molecular complexity index is 481. The minimum Gasteiger partial charge on any atom is -0.364 e. The molecule has 110 valence electrons. The predicted molar refractivity (Wildman–Crippen MR) is 75.8 cm³/mol. The van der Waals surface area contributed by atoms with Crippen LogP contribution in [0.1, 0.15) is 26.2 Å². The van der Waals surface area contributed by atoms with Crippen molar-refractivity contribution in [2.75, 3.05) is 18.5 Å². The summed E-state index contributed by atoms with van der Waals surface area (Å²) in [5.74, 6) is -0.0976. The summed E-state index contributed by atoms with van der Waals surface area (Å²) in [6, 6.07) is 5.78. The zero-order chi connectivity index (χ0) is 14.6. The monoisotopic (exact) mass is 280 g/mol. The Kier molecular flexibility index (Phi) is 4.73. The molecule has 3 N–H and O–H groups in total. The van der Waals surface area contributed by atoms with E-state index in [-0.39, 0.29) is 23.9 Å². The summed E-state index contributed by atoms with van der Waals surface area (Å²) in [5.41, 5.74) is 5.84. The number of amides is 1. The van der Waals surface area contributed by atoms with E-state index in [0.29, 0.717) is 18.2 Å². The van der Waals surface area contributed by atoms with E-state index in [1.807, 2.05) is 0 Å². The molecule has 1 fully saturated rings. The smallest absolute Gasteiger partial charge is 0.250 e. The molecule has 0 spiro atoms. The molecule has 0 heterocycles. The Labute approximate surface area is 118 Å². The lowest BCUT2D eigenvalue weighted by Crippen LogP contribution is -2.40. The van der Waals surface area contributed by atoms with Gasteiger partial charge in [-0.3, -0.25) is 4.79 Å². The number of carbonyl (C=O) groups excluding carboxylic acids is 1. The van der Waals surface area contributed by atoms with Crippen LogP contribution in [0.4, 0.5) is 10.1 Å². The van der Waals surface area contributed by atoms with Gasteiger partial charge >= 0.3 is 0 Å². The summed E-state index contributed by atoms with van der Waals surface area (Å²) >= 11 is 0. The second kappa shape index (κ2) is 6.33. The van der Waals surface area contributed by atoms with Crippen molar-refractivity contribution < 1.29 is 13.9 Å². The van der Waals surface area contributed by atoms with Crippen molar-refractivity contribution in [1.29, 1.82) is 0 Å². The highest BCUT2D eigenvalue weighted by molar-refractivity contribution is 5.91. The molecule has 1 aliphatic rings. The van der Waals surface area contributed by atoms with Crippen LogP contribution in [0.2, 0.25) is 0 Å². The third-order valence-electron chi connectivity index (χ3n) is 3.80. The molecule has 20 heavy (non-hydrogen) atoms. The maximum absolute atomic E-state index is 13.0. The number of halogens is 1. The average molecular weight is 280 g/mol. The molecule has 2 atom stereocenters. The molecule has 1 aromatic rings. The Hall–Kier alpha value is -1.46. The molecule has 1 amide bonds. The molecule has 5 heteroatoms. The van der Waals surface area contributed by atoms with Crippen LogP contribution in [0.5, 0.6) is 0 Å². The molecule has 0 saturated heterocycles. The van der Waals surface area contributed by atoms with E-state index < -0.39 is 0 Å². The topological polar surface area (TPSA) is 64.3 Å². The van der Waals surface area contributed by atoms with Crippen LogP contribution >= 0.6 is 0 Å². The largest absolute Gasteiger partial charge is 0.364 e. The molecular weight excluding hydrogens is 259 g/mol. The van der Waals surface area contributed by atoms with Gasteiger partial charge in [0.05, 0.1) is 5.60 Å². The third-order valence-corrected chi connectivity index (χ3v) is 3.80. The molecular formula is C15H21FN2O2. The third kappa shape index (κ3) is 3.77. The summed E-state index contributed by atoms with van der Waals surface area (Å²) in [4.78, 5) is 11.8. The lowest BCUT2D eigenvalue weighted by molar-refractivity contribution is -0.127. The van der Waals surface area contributed by atoms with Crippen molar-refractivity contribution in [3.63, 3.8) is 0 Å². The van der Waals surface area contributed by atoms with Crippen LogP contribution < -0.4 is 11.1 Å². The van der Waals surface area contributed by atoms with Gasteiger partial charge in [-0.2, -0.15) is 0 Å². The van der Waals surface area contributed by atoms with Crippen molar-refractivity contribution in [2.24, 2.45) is 11.7 Å². The standard InChI is InChI=1S/C15H21FN2O2/c1-11-5-6-15(8-11,10-17)20-9-14(19)18-13-4-2-3-12(16)7-13/h2-4,7,11H,5-6,8-10,17H2,1H3,(H,18,19). The molecule has 0 radical (unpaired) electrons. The molecule has 1 saturated carbocycles. The van der Waals surface area contributed by atoms with E-state index in [9.17, 15) is 9.18 Å². The van der Waals surface area contributed by atoms with E-state index in [2.05, 4.69) is 12.2 Å². The van der Waals surface area contributed by atoms with Gasteiger partial charge in [-0.25, -0.2) is 4.39 Å². The Morgan fingerprint density at radius 1 is 1.60 bits per heavy atom. The first kappa shape index (κ1) is 14.9. The fourth-order valence-corrected chi connectivity index (χ4v) is 2.71. The molecule has 2 rings (SSSR count). The van der Waals surface area contributed by atoms with Gasteiger partial charge in [-0.1, -0.05) is 13.0 Å². The number of anilines is 1. The van der Waals surface area contributed by atoms with Crippen molar-refractivity contribution in [3.05, 3.63) is 30.1 Å². The highest BCUT2D eigenvalue weighted by atomic mass is 19.1. The SMILES string of the molecule is CC1CCC(CN)(OCC(=O)Nc2cccc(F)c2)C1. The number of carbonyl (C=O) groups is 1. The van der Waals surface area contributed by atoms with E-state index in [4.69, 9.17) is 10.5 Å². The van der Waals surface area contributed by atoms with Crippen LogP contribution in [0.15, 0.2) is 24.3 Å². The summed E-state index contributed by atoms with van der Waals surface area (Å²) in [5, 5.41) is 2.61. The number of ether oxygens (including phenoxy) is 1. The predicted octanol–water partition coefficient (Wildman–Crippen LogP) is 2.30. The minimum absolute atomic E-state index is 0.0551. The summed E-state index contributed by atoms with van der Waals surface area (Å²) < 4.78 is 18.8. The molecule has 0 aliphatic heterocycles. The second-order valence-corrected chi connectivity index (χ2v) is 5.58. The molecule has 4 nitrogen and oxygen atoms in total. The van der Waals surface area contributed by atoms with E-state index >= 15 is 0 Å². The van der Waals surface area contributed by atoms with Crippen LogP contribution in [-0.2, 0) is 9.53 Å². The number of nitrogens with one attached hydrogen (secondary N) is 1. The van der Waals surface area contributed by atoms with E-state index in [1.165, 1.54) is 12.1 Å². The van der Waals surface area contributed by atoms with Crippen molar-refractivity contribution in [1.82, 2.24) is 0 Å². The molecule has 0 aromatic heterocycles. The average Bonchev–Trinajstić information content (AvgIpc) is 2.79. The fraction of sp³-hybridized carbons (Fsp3) is 0.533. The number of hydrogen-bond acceptors (Lipinski definition) is 3. The van der Waals surface area contributed by atoms with Crippen LogP contribution in [0.25, 0.3) is 0 Å². The number of benzene rings is 1. The lowest BCUT2D eigenvalue weighted by atomic mass is 10.0. The zero-order valence-corrected chi connectivity index (χ0v) is 11.7. The normalized spacial score (nSPS) is 25.6. The lowest BCUT2D eigenvalue weighted by Gasteiger charge is -2.27. The van der Waals surface area contributed by atoms with Crippen LogP contribution in [0, 0.1) is 11.7 Å². The van der Waals surface area contributed by atoms with Gasteiger partial charge in [-0.05, 0) is 43.4 Å². The van der Waals surface area contributed by atoms with Crippen molar-refractivity contribution in [2.45, 2.75) is 31.8 Å². The maximum Gasteiger partial charge on any atom is 0.250 e. The Balaban J connectivity index is 1.86. The molecule has 2 unspecified atom stereocenters. The van der Waals surface area contributed by atoms with Gasteiger partial charge in [0.25, 0.3) is 0 Å². The quantitative estimate of drug-likeness (QED) is 0.870. The maximum atomic E-state index is 13.0. The van der Waals surface area contributed by atoms with E-state index in [0.717, 1.165) is 19.3 Å². The number of rotatable bonds is 5. The van der Waals surface area contributed by atoms with Gasteiger partial charge in [0.1, 0.15) is 12.4 Å². The summed E-state index contributed by atoms with van der Waals surface area (Å²) in [7, 11) is 0. The number of hydrogen-bond donors (Lipinski definition) is 2. The highest BCUT2D eigenvalue weighted by Crippen LogP contribution is 2.36. The van der Waals surface area contributed by atoms with Gasteiger partial charge in [0.2, 0.25) is 5.91 Å². The zero-order valence-electron chi connectivity index (χ0n) is 11.7. The van der Waals surface area contributed by atoms with Crippen molar-refractivity contribution >= 4 is 11.6 Å². The second-order valence-electron chi connectivity index (χ2n) is 5.58. The highest BCUT2D eigenvalue weighted by Gasteiger charge is 2.37. The van der Waals surface area contributed by atoms with Crippen LogP contribution in [0.3, 0.4) is 0 Å². The first-order valence-corrected chi connectivity index (χ1v) is 6.92. The Morgan fingerprint density at radius 3 is 3.00 bits per heavy atom. The van der Waals surface area contributed by atoms with Crippen molar-refractivity contribution in [3.8, 4) is 0 Å². The molecule has 1 aromatic carbocycles. The molecule has 0 bridgehead atoms. The van der Waals surface area contributed by atoms with Gasteiger partial charge in [0.15, 0.2) is 0 Å². The number of nitrogens with two attached hydrogens (primary N) is 1. The minimum atomic E-state index is -0.383. The Morgan fingerprint density at radius 2 is 2.40 bits per heavy atom. The first-order valence-electron chi connectivity index (χ1n) is 6.92. The molecule has 1 aliphatic carbocycles. The van der Waals surface area contributed by atoms with Gasteiger partial charge in [-0.15, -0.1) is 0 Å². The summed E-state index contributed by atoms with van der Waals surface area (Å²) in [6.07, 6.45) is 2.84. The van der Waals surface area contributed by atoms with E-state index in [1.54, 1.807) is 12.1 Å². The summed E-state index contributed by atoms with van der Waals surface area (Å²) in [6.45, 7) is 2.53. The fourth-order valence-electron chi connectivity index (χ4n) is 2.71. The first-order chi connectivity index (χ1) is 9.53. The van der Waals surface area contributed by atoms with Crippen LogP contribution in [-0.4, -0.2) is 24.7 Å². The van der Waals surface area contributed by atoms with Gasteiger partial charge < -0.3 is 15.8 Å².